The van der Waals surface area contributed by atoms with Gasteiger partial charge in [0.25, 0.3) is 0 Å². The lowest BCUT2D eigenvalue weighted by Crippen LogP contribution is -2.48. The average molecular weight is 469 g/mol. The van der Waals surface area contributed by atoms with Crippen LogP contribution in [0.4, 0.5) is 10.2 Å². The number of anilines is 1. The molecule has 3 heterocycles. The van der Waals surface area contributed by atoms with Gasteiger partial charge in [0.2, 0.25) is 5.91 Å². The van der Waals surface area contributed by atoms with Crippen molar-refractivity contribution in [3.8, 4) is 11.4 Å². The minimum atomic E-state index is -1.03. The summed E-state index contributed by atoms with van der Waals surface area (Å²) in [5, 5.41) is 17.8. The van der Waals surface area contributed by atoms with Crippen LogP contribution in [0.25, 0.3) is 22.4 Å². The van der Waals surface area contributed by atoms with Crippen molar-refractivity contribution >= 4 is 46.8 Å². The summed E-state index contributed by atoms with van der Waals surface area (Å²) in [6.45, 7) is 1.58. The van der Waals surface area contributed by atoms with Crippen molar-refractivity contribution in [1.29, 1.82) is 0 Å². The first-order valence-corrected chi connectivity index (χ1v) is 10.1. The Labute approximate surface area is 189 Å². The number of aliphatic hydroxyl groups is 1. The van der Waals surface area contributed by atoms with E-state index >= 15 is 0 Å². The first kappa shape index (κ1) is 23.2. The third-order valence-corrected chi connectivity index (χ3v) is 5.52. The van der Waals surface area contributed by atoms with Crippen LogP contribution in [0.2, 0.25) is 5.02 Å². The van der Waals surface area contributed by atoms with Crippen molar-refractivity contribution in [2.75, 3.05) is 11.9 Å². The Bertz CT molecular complexity index is 1090. The Balaban J connectivity index is 0.00000272. The number of H-pyrrole nitrogens is 1. The number of carbonyl (C=O) groups is 1. The maximum atomic E-state index is 14.4. The molecule has 1 amide bonds. The van der Waals surface area contributed by atoms with E-state index in [1.165, 1.54) is 13.1 Å². The van der Waals surface area contributed by atoms with Crippen LogP contribution in [0.5, 0.6) is 0 Å². The minimum Gasteiger partial charge on any atom is -0.388 e. The summed E-state index contributed by atoms with van der Waals surface area (Å²) < 4.78 is 14.4. The van der Waals surface area contributed by atoms with Crippen molar-refractivity contribution < 1.29 is 14.3 Å². The molecule has 4 N–H and O–H groups in total. The van der Waals surface area contributed by atoms with Gasteiger partial charge >= 0.3 is 0 Å². The Kier molecular flexibility index (Phi) is 6.98. The maximum absolute atomic E-state index is 14.4. The molecule has 0 saturated heterocycles. The zero-order chi connectivity index (χ0) is 21.3. The summed E-state index contributed by atoms with van der Waals surface area (Å²) in [7, 11) is 0. The second-order valence-corrected chi connectivity index (χ2v) is 8.15. The molecule has 4 rings (SSSR count). The first-order valence-electron chi connectivity index (χ1n) is 9.72. The summed E-state index contributed by atoms with van der Waals surface area (Å²) >= 11 is 6.05. The fourth-order valence-corrected chi connectivity index (χ4v) is 4.03. The number of amides is 1. The molecule has 2 atom stereocenters. The predicted octanol–water partition coefficient (Wildman–Crippen LogP) is 3.46. The van der Waals surface area contributed by atoms with Crippen LogP contribution in [0, 0.1) is 5.82 Å². The Morgan fingerprint density at radius 1 is 1.42 bits per heavy atom. The highest BCUT2D eigenvalue weighted by Gasteiger charge is 2.35. The van der Waals surface area contributed by atoms with Crippen molar-refractivity contribution in [3.05, 3.63) is 35.5 Å². The molecule has 0 spiro atoms. The van der Waals surface area contributed by atoms with Crippen molar-refractivity contribution in [2.45, 2.75) is 44.2 Å². The predicted molar refractivity (Wildman–Crippen MR) is 119 cm³/mol. The number of hydrogen-bond donors (Lipinski definition) is 4. The number of aromatic nitrogens is 4. The molecular formula is C20H23Cl2FN6O2. The zero-order valence-electron chi connectivity index (χ0n) is 16.8. The average Bonchev–Trinajstić information content (AvgIpc) is 3.11. The van der Waals surface area contributed by atoms with E-state index in [0.29, 0.717) is 34.9 Å². The van der Waals surface area contributed by atoms with Gasteiger partial charge in [-0.1, -0.05) is 11.6 Å². The minimum absolute atomic E-state index is 0. The van der Waals surface area contributed by atoms with E-state index in [-0.39, 0.29) is 36.7 Å². The van der Waals surface area contributed by atoms with Gasteiger partial charge in [-0.2, -0.15) is 0 Å². The fraction of sp³-hybridized carbons (Fsp3) is 0.400. The van der Waals surface area contributed by atoms with Crippen molar-refractivity contribution in [3.63, 3.8) is 0 Å². The van der Waals surface area contributed by atoms with Crippen LogP contribution >= 0.6 is 24.0 Å². The smallest absolute Gasteiger partial charge is 0.216 e. The molecule has 0 bridgehead atoms. The number of rotatable bonds is 5. The van der Waals surface area contributed by atoms with Crippen LogP contribution in [-0.2, 0) is 4.79 Å². The van der Waals surface area contributed by atoms with Gasteiger partial charge in [0, 0.05) is 42.9 Å². The highest BCUT2D eigenvalue weighted by atomic mass is 35.5. The quantitative estimate of drug-likeness (QED) is 0.455. The van der Waals surface area contributed by atoms with Gasteiger partial charge in [-0.25, -0.2) is 19.3 Å². The van der Waals surface area contributed by atoms with E-state index in [1.54, 1.807) is 12.3 Å². The van der Waals surface area contributed by atoms with Gasteiger partial charge in [0.1, 0.15) is 5.65 Å². The summed E-state index contributed by atoms with van der Waals surface area (Å²) in [6, 6.07) is 1.56. The SMILES string of the molecule is CC(=O)NC[C@]1(O)CCC[C@H](Nc2nc(-c3c[nH]c4ncc(Cl)cc34)ncc2F)C1.Cl. The molecule has 11 heteroatoms. The molecular weight excluding hydrogens is 446 g/mol. The number of halogens is 3. The molecule has 1 aliphatic rings. The standard InChI is InChI=1S/C20H22ClFN6O2.ClH/c1-11(29)26-10-20(30)4-2-3-13(6-20)27-19-16(22)9-25-18(28-19)15-8-24-17-14(15)5-12(21)7-23-17;/h5,7-9,13,30H,2-4,6,10H2,1H3,(H,23,24)(H,26,29)(H,25,27,28);1H/t13-,20-;/m0./s1. The van der Waals surface area contributed by atoms with Crippen molar-refractivity contribution in [2.24, 2.45) is 0 Å². The molecule has 8 nitrogen and oxygen atoms in total. The third kappa shape index (κ3) is 5.23. The second-order valence-electron chi connectivity index (χ2n) is 7.71. The van der Waals surface area contributed by atoms with Crippen LogP contribution in [-0.4, -0.2) is 49.1 Å². The third-order valence-electron chi connectivity index (χ3n) is 5.31. The van der Waals surface area contributed by atoms with E-state index < -0.39 is 11.4 Å². The Morgan fingerprint density at radius 2 is 2.23 bits per heavy atom. The Hall–Kier alpha value is -2.49. The molecule has 166 valence electrons. The van der Waals surface area contributed by atoms with Crippen LogP contribution in [0.3, 0.4) is 0 Å². The molecule has 1 fully saturated rings. The van der Waals surface area contributed by atoms with E-state index in [1.807, 2.05) is 0 Å². The normalized spacial score (nSPS) is 20.8. The largest absolute Gasteiger partial charge is 0.388 e. The molecule has 0 aliphatic heterocycles. The van der Waals surface area contributed by atoms with Gasteiger partial charge < -0.3 is 20.7 Å². The van der Waals surface area contributed by atoms with E-state index in [4.69, 9.17) is 11.6 Å². The number of carbonyl (C=O) groups excluding carboxylic acids is 1. The zero-order valence-corrected chi connectivity index (χ0v) is 18.4. The topological polar surface area (TPSA) is 116 Å². The lowest BCUT2D eigenvalue weighted by molar-refractivity contribution is -0.120. The highest BCUT2D eigenvalue weighted by Crippen LogP contribution is 2.31. The number of hydrogen-bond acceptors (Lipinski definition) is 6. The number of nitrogens with one attached hydrogen (secondary N) is 3. The number of fused-ring (bicyclic) bond motifs is 1. The fourth-order valence-electron chi connectivity index (χ4n) is 3.87. The van der Waals surface area contributed by atoms with Gasteiger partial charge in [0.15, 0.2) is 17.5 Å². The molecule has 0 radical (unpaired) electrons. The van der Waals surface area contributed by atoms with Gasteiger partial charge in [0.05, 0.1) is 16.8 Å². The Morgan fingerprint density at radius 3 is 3.00 bits per heavy atom. The molecule has 3 aromatic rings. The van der Waals surface area contributed by atoms with Gasteiger partial charge in [-0.15, -0.1) is 12.4 Å². The summed E-state index contributed by atoms with van der Waals surface area (Å²) in [5.74, 6) is -0.374. The molecule has 1 saturated carbocycles. The van der Waals surface area contributed by atoms with Crippen LogP contribution < -0.4 is 10.6 Å². The lowest BCUT2D eigenvalue weighted by Gasteiger charge is -2.37. The molecule has 0 unspecified atom stereocenters. The van der Waals surface area contributed by atoms with Gasteiger partial charge in [-0.3, -0.25) is 4.79 Å². The van der Waals surface area contributed by atoms with Crippen molar-refractivity contribution in [1.82, 2.24) is 25.3 Å². The second kappa shape index (κ2) is 9.33. The van der Waals surface area contributed by atoms with Gasteiger partial charge in [-0.05, 0) is 31.7 Å². The van der Waals surface area contributed by atoms with E-state index in [9.17, 15) is 14.3 Å². The summed E-state index contributed by atoms with van der Waals surface area (Å²) in [6.07, 6.45) is 6.82. The summed E-state index contributed by atoms with van der Waals surface area (Å²) in [5.41, 5.74) is 0.258. The van der Waals surface area contributed by atoms with E-state index in [0.717, 1.165) is 24.4 Å². The number of aromatic amines is 1. The number of nitrogens with zero attached hydrogens (tertiary/aromatic N) is 3. The molecule has 0 aromatic carbocycles. The summed E-state index contributed by atoms with van der Waals surface area (Å²) in [4.78, 5) is 26.9. The molecule has 1 aliphatic carbocycles. The molecule has 31 heavy (non-hydrogen) atoms. The van der Waals surface area contributed by atoms with Crippen LogP contribution in [0.15, 0.2) is 24.7 Å². The molecule has 3 aromatic heterocycles. The van der Waals surface area contributed by atoms with E-state index in [2.05, 4.69) is 30.6 Å². The maximum Gasteiger partial charge on any atom is 0.216 e. The number of pyridine rings is 1. The lowest BCUT2D eigenvalue weighted by atomic mass is 9.81. The monoisotopic (exact) mass is 468 g/mol. The first-order chi connectivity index (χ1) is 14.3. The highest BCUT2D eigenvalue weighted by molar-refractivity contribution is 6.31. The van der Waals surface area contributed by atoms with Crippen LogP contribution in [0.1, 0.15) is 32.6 Å².